The third-order valence-electron chi connectivity index (χ3n) is 3.24. The third kappa shape index (κ3) is 4.46. The number of carbonyl (C=O) groups excluding carboxylic acids is 1. The number of aromatic nitrogens is 1. The summed E-state index contributed by atoms with van der Waals surface area (Å²) in [5.74, 6) is 0.488. The van der Waals surface area contributed by atoms with E-state index in [0.29, 0.717) is 23.7 Å². The summed E-state index contributed by atoms with van der Waals surface area (Å²) in [5, 5.41) is 3.52. The summed E-state index contributed by atoms with van der Waals surface area (Å²) in [5.41, 5.74) is 1.73. The zero-order chi connectivity index (χ0) is 15.9. The lowest BCUT2D eigenvalue weighted by atomic mass is 10.2. The molecule has 1 aromatic heterocycles. The Kier molecular flexibility index (Phi) is 5.78. The van der Waals surface area contributed by atoms with E-state index in [-0.39, 0.29) is 5.91 Å². The van der Waals surface area contributed by atoms with E-state index in [1.54, 1.807) is 18.3 Å². The van der Waals surface area contributed by atoms with Gasteiger partial charge < -0.3 is 10.1 Å². The predicted molar refractivity (Wildman–Crippen MR) is 87.0 cm³/mol. The number of hydrogen-bond donors (Lipinski definition) is 1. The Bertz CT molecular complexity index is 632. The van der Waals surface area contributed by atoms with Crippen LogP contribution in [0.3, 0.4) is 0 Å². The van der Waals surface area contributed by atoms with Crippen LogP contribution in [0.2, 0.25) is 5.02 Å². The molecule has 0 aliphatic rings. The SMILES string of the molecule is CCC(Oc1ccc(Cl)c(C)c1)C(=O)NCc1ccccn1. The molecule has 22 heavy (non-hydrogen) atoms. The van der Waals surface area contributed by atoms with Crippen molar-refractivity contribution >= 4 is 17.5 Å². The average molecular weight is 319 g/mol. The standard InChI is InChI=1S/C17H19ClN2O2/c1-3-16(22-14-7-8-15(18)12(2)10-14)17(21)20-11-13-6-4-5-9-19-13/h4-10,16H,3,11H2,1-2H3,(H,20,21). The molecule has 1 atom stereocenters. The highest BCUT2D eigenvalue weighted by atomic mass is 35.5. The van der Waals surface area contributed by atoms with Gasteiger partial charge in [-0.3, -0.25) is 9.78 Å². The van der Waals surface area contributed by atoms with Gasteiger partial charge in [-0.15, -0.1) is 0 Å². The van der Waals surface area contributed by atoms with Crippen molar-refractivity contribution in [2.24, 2.45) is 0 Å². The lowest BCUT2D eigenvalue weighted by Crippen LogP contribution is -2.37. The molecule has 4 nitrogen and oxygen atoms in total. The minimum absolute atomic E-state index is 0.152. The first-order valence-electron chi connectivity index (χ1n) is 7.20. The quantitative estimate of drug-likeness (QED) is 0.886. The molecule has 2 rings (SSSR count). The van der Waals surface area contributed by atoms with Gasteiger partial charge in [0.2, 0.25) is 0 Å². The predicted octanol–water partition coefficient (Wildman–Crippen LogP) is 3.52. The maximum atomic E-state index is 12.2. The Labute approximate surface area is 135 Å². The monoisotopic (exact) mass is 318 g/mol. The summed E-state index contributed by atoms with van der Waals surface area (Å²) in [6.45, 7) is 4.20. The average Bonchev–Trinajstić information content (AvgIpc) is 2.54. The molecule has 0 aliphatic carbocycles. The van der Waals surface area contributed by atoms with Gasteiger partial charge in [0, 0.05) is 11.2 Å². The highest BCUT2D eigenvalue weighted by Gasteiger charge is 2.18. The lowest BCUT2D eigenvalue weighted by Gasteiger charge is -2.17. The van der Waals surface area contributed by atoms with Crippen LogP contribution in [0.15, 0.2) is 42.6 Å². The van der Waals surface area contributed by atoms with Crippen LogP contribution in [-0.2, 0) is 11.3 Å². The summed E-state index contributed by atoms with van der Waals surface area (Å²) in [6, 6.07) is 11.0. The maximum Gasteiger partial charge on any atom is 0.261 e. The molecule has 1 N–H and O–H groups in total. The first-order chi connectivity index (χ1) is 10.6. The fourth-order valence-electron chi connectivity index (χ4n) is 1.97. The molecule has 0 bridgehead atoms. The fourth-order valence-corrected chi connectivity index (χ4v) is 2.09. The van der Waals surface area contributed by atoms with Crippen molar-refractivity contribution in [1.82, 2.24) is 10.3 Å². The van der Waals surface area contributed by atoms with Gasteiger partial charge in [0.05, 0.1) is 12.2 Å². The third-order valence-corrected chi connectivity index (χ3v) is 3.66. The van der Waals surface area contributed by atoms with Gasteiger partial charge in [0.15, 0.2) is 6.10 Å². The summed E-state index contributed by atoms with van der Waals surface area (Å²) < 4.78 is 5.76. The molecule has 0 spiro atoms. The summed E-state index contributed by atoms with van der Waals surface area (Å²) in [7, 11) is 0. The number of carbonyl (C=O) groups is 1. The number of halogens is 1. The summed E-state index contributed by atoms with van der Waals surface area (Å²) in [4.78, 5) is 16.4. The highest BCUT2D eigenvalue weighted by molar-refractivity contribution is 6.31. The van der Waals surface area contributed by atoms with Gasteiger partial charge in [-0.05, 0) is 49.2 Å². The molecular formula is C17H19ClN2O2. The van der Waals surface area contributed by atoms with Crippen LogP contribution >= 0.6 is 11.6 Å². The van der Waals surface area contributed by atoms with E-state index in [0.717, 1.165) is 11.3 Å². The van der Waals surface area contributed by atoms with Crippen LogP contribution in [0.1, 0.15) is 24.6 Å². The number of benzene rings is 1. The molecule has 0 radical (unpaired) electrons. The second-order valence-corrected chi connectivity index (χ2v) is 5.37. The topological polar surface area (TPSA) is 51.2 Å². The molecule has 1 aromatic carbocycles. The number of hydrogen-bond acceptors (Lipinski definition) is 3. The number of rotatable bonds is 6. The second kappa shape index (κ2) is 7.80. The minimum Gasteiger partial charge on any atom is -0.481 e. The Morgan fingerprint density at radius 3 is 2.82 bits per heavy atom. The van der Waals surface area contributed by atoms with E-state index < -0.39 is 6.10 Å². The van der Waals surface area contributed by atoms with E-state index in [2.05, 4.69) is 10.3 Å². The molecule has 0 saturated carbocycles. The molecule has 0 saturated heterocycles. The van der Waals surface area contributed by atoms with E-state index in [9.17, 15) is 4.79 Å². The lowest BCUT2D eigenvalue weighted by molar-refractivity contribution is -0.128. The Balaban J connectivity index is 1.95. The van der Waals surface area contributed by atoms with Gasteiger partial charge in [0.1, 0.15) is 5.75 Å². The highest BCUT2D eigenvalue weighted by Crippen LogP contribution is 2.22. The largest absolute Gasteiger partial charge is 0.481 e. The van der Waals surface area contributed by atoms with Crippen LogP contribution in [-0.4, -0.2) is 17.0 Å². The van der Waals surface area contributed by atoms with Gasteiger partial charge in [-0.1, -0.05) is 24.6 Å². The van der Waals surface area contributed by atoms with Crippen molar-refractivity contribution in [2.45, 2.75) is 32.9 Å². The molecule has 0 aliphatic heterocycles. The van der Waals surface area contributed by atoms with Crippen LogP contribution < -0.4 is 10.1 Å². The zero-order valence-electron chi connectivity index (χ0n) is 12.7. The van der Waals surface area contributed by atoms with Gasteiger partial charge in [0.25, 0.3) is 5.91 Å². The van der Waals surface area contributed by atoms with Crippen molar-refractivity contribution in [3.63, 3.8) is 0 Å². The molecule has 1 unspecified atom stereocenters. The minimum atomic E-state index is -0.538. The van der Waals surface area contributed by atoms with E-state index in [1.165, 1.54) is 0 Å². The zero-order valence-corrected chi connectivity index (χ0v) is 13.4. The molecule has 1 amide bonds. The second-order valence-electron chi connectivity index (χ2n) is 4.96. The van der Waals surface area contributed by atoms with Crippen molar-refractivity contribution in [2.75, 3.05) is 0 Å². The van der Waals surface area contributed by atoms with Crippen LogP contribution in [0, 0.1) is 6.92 Å². The van der Waals surface area contributed by atoms with E-state index >= 15 is 0 Å². The van der Waals surface area contributed by atoms with Crippen molar-refractivity contribution in [3.05, 3.63) is 58.9 Å². The smallest absolute Gasteiger partial charge is 0.261 e. The number of nitrogens with zero attached hydrogens (tertiary/aromatic N) is 1. The van der Waals surface area contributed by atoms with Crippen molar-refractivity contribution in [3.8, 4) is 5.75 Å². The molecule has 116 valence electrons. The molecule has 0 fully saturated rings. The molecule has 5 heteroatoms. The normalized spacial score (nSPS) is 11.8. The van der Waals surface area contributed by atoms with Crippen LogP contribution in [0.5, 0.6) is 5.75 Å². The van der Waals surface area contributed by atoms with Crippen LogP contribution in [0.25, 0.3) is 0 Å². The van der Waals surface area contributed by atoms with Crippen molar-refractivity contribution < 1.29 is 9.53 Å². The first-order valence-corrected chi connectivity index (χ1v) is 7.58. The number of aryl methyl sites for hydroxylation is 1. The number of pyridine rings is 1. The number of nitrogens with one attached hydrogen (secondary N) is 1. The summed E-state index contributed by atoms with van der Waals surface area (Å²) in [6.07, 6.45) is 1.74. The van der Waals surface area contributed by atoms with Gasteiger partial charge in [-0.25, -0.2) is 0 Å². The molecule has 1 heterocycles. The molecule has 2 aromatic rings. The van der Waals surface area contributed by atoms with Gasteiger partial charge >= 0.3 is 0 Å². The molecular weight excluding hydrogens is 300 g/mol. The number of amides is 1. The Hall–Kier alpha value is -2.07. The fraction of sp³-hybridized carbons (Fsp3) is 0.294. The van der Waals surface area contributed by atoms with Crippen molar-refractivity contribution in [1.29, 1.82) is 0 Å². The maximum absolute atomic E-state index is 12.2. The number of ether oxygens (including phenoxy) is 1. The summed E-state index contributed by atoms with van der Waals surface area (Å²) >= 11 is 5.99. The van der Waals surface area contributed by atoms with Crippen LogP contribution in [0.4, 0.5) is 0 Å². The Morgan fingerprint density at radius 1 is 1.36 bits per heavy atom. The van der Waals surface area contributed by atoms with E-state index in [4.69, 9.17) is 16.3 Å². The Morgan fingerprint density at radius 2 is 2.18 bits per heavy atom. The first kappa shape index (κ1) is 16.3. The van der Waals surface area contributed by atoms with E-state index in [1.807, 2.05) is 38.1 Å². The van der Waals surface area contributed by atoms with Gasteiger partial charge in [-0.2, -0.15) is 0 Å².